The lowest BCUT2D eigenvalue weighted by molar-refractivity contribution is 0.0240. The number of hydrogen-bond acceptors (Lipinski definition) is 8. The van der Waals surface area contributed by atoms with Crippen LogP contribution in [0.1, 0.15) is 39.4 Å². The molecule has 0 aliphatic carbocycles. The number of halogens is 3. The van der Waals surface area contributed by atoms with E-state index in [1.54, 1.807) is 37.3 Å². The van der Waals surface area contributed by atoms with Gasteiger partial charge in [0.15, 0.2) is 11.6 Å². The van der Waals surface area contributed by atoms with Crippen molar-refractivity contribution in [3.63, 3.8) is 0 Å². The number of piperazine rings is 1. The first-order valence-electron chi connectivity index (χ1n) is 12.7. The van der Waals surface area contributed by atoms with Crippen molar-refractivity contribution in [3.05, 3.63) is 58.0 Å². The number of nitrogens with two attached hydrogens (primary N) is 1. The van der Waals surface area contributed by atoms with E-state index in [9.17, 15) is 9.18 Å². The van der Waals surface area contributed by atoms with Crippen LogP contribution in [0.5, 0.6) is 11.5 Å². The van der Waals surface area contributed by atoms with Gasteiger partial charge in [-0.05, 0) is 45.9 Å². The van der Waals surface area contributed by atoms with E-state index in [2.05, 4.69) is 9.88 Å². The van der Waals surface area contributed by atoms with Gasteiger partial charge in [0, 0.05) is 60.7 Å². The summed E-state index contributed by atoms with van der Waals surface area (Å²) >= 11 is 12.4. The fourth-order valence-electron chi connectivity index (χ4n) is 4.22. The number of carbonyl (C=O) groups is 1. The number of methoxy groups -OCH3 is 1. The van der Waals surface area contributed by atoms with Gasteiger partial charge in [-0.1, -0.05) is 23.2 Å². The number of rotatable bonds is 6. The second-order valence-electron chi connectivity index (χ2n) is 10.3. The number of nitrogens with zero attached hydrogens (tertiary/aromatic N) is 4. The first kappa shape index (κ1) is 29.5. The van der Waals surface area contributed by atoms with Gasteiger partial charge in [-0.15, -0.1) is 0 Å². The highest BCUT2D eigenvalue weighted by Gasteiger charge is 2.27. The molecule has 40 heavy (non-hydrogen) atoms. The molecule has 9 nitrogen and oxygen atoms in total. The summed E-state index contributed by atoms with van der Waals surface area (Å²) in [6.45, 7) is 9.35. The van der Waals surface area contributed by atoms with Crippen LogP contribution in [0.2, 0.25) is 10.0 Å². The van der Waals surface area contributed by atoms with Crippen LogP contribution in [0.3, 0.4) is 0 Å². The monoisotopic (exact) mass is 591 g/mol. The number of amides is 1. The zero-order valence-electron chi connectivity index (χ0n) is 23.0. The molecule has 1 aliphatic rings. The fraction of sp³-hybridized carbons (Fsp3) is 0.393. The van der Waals surface area contributed by atoms with Gasteiger partial charge >= 0.3 is 6.09 Å². The number of benzene rings is 1. The summed E-state index contributed by atoms with van der Waals surface area (Å²) < 4.78 is 31.2. The van der Waals surface area contributed by atoms with Crippen molar-refractivity contribution >= 4 is 40.9 Å². The molecule has 12 heteroatoms. The third-order valence-corrected chi connectivity index (χ3v) is 6.96. The Balaban J connectivity index is 1.56. The van der Waals surface area contributed by atoms with Gasteiger partial charge in [0.05, 0.1) is 17.8 Å². The molecule has 0 radical (unpaired) electrons. The first-order chi connectivity index (χ1) is 18.9. The minimum atomic E-state index is -0.717. The molecular weight excluding hydrogens is 560 g/mol. The maximum Gasteiger partial charge on any atom is 0.410 e. The fourth-order valence-corrected chi connectivity index (χ4v) is 4.90. The Labute approximate surface area is 242 Å². The summed E-state index contributed by atoms with van der Waals surface area (Å²) in [5.74, 6) is 1.08. The quantitative estimate of drug-likeness (QED) is 0.329. The summed E-state index contributed by atoms with van der Waals surface area (Å²) in [7, 11) is 1.58. The predicted molar refractivity (Wildman–Crippen MR) is 154 cm³/mol. The molecule has 214 valence electrons. The van der Waals surface area contributed by atoms with Crippen molar-refractivity contribution in [2.24, 2.45) is 0 Å². The molecule has 3 aromatic rings. The van der Waals surface area contributed by atoms with E-state index in [-0.39, 0.29) is 27.7 Å². The molecule has 0 bridgehead atoms. The lowest BCUT2D eigenvalue weighted by atomic mass is 10.1. The van der Waals surface area contributed by atoms with Crippen molar-refractivity contribution < 1.29 is 23.4 Å². The number of pyridine rings is 2. The number of nitrogen functional groups attached to an aromatic ring is 1. The second-order valence-corrected chi connectivity index (χ2v) is 11.1. The van der Waals surface area contributed by atoms with Gasteiger partial charge in [0.1, 0.15) is 29.1 Å². The average molecular weight is 592 g/mol. The van der Waals surface area contributed by atoms with E-state index in [4.69, 9.17) is 48.1 Å². The number of carbonyl (C=O) groups excluding carboxylic acids is 1. The number of anilines is 2. The molecule has 1 fully saturated rings. The predicted octanol–water partition coefficient (Wildman–Crippen LogP) is 6.38. The number of hydrogen-bond donors (Lipinski definition) is 1. The Morgan fingerprint density at radius 2 is 1.82 bits per heavy atom. The van der Waals surface area contributed by atoms with Gasteiger partial charge in [0.25, 0.3) is 0 Å². The van der Waals surface area contributed by atoms with Crippen molar-refractivity contribution in [2.75, 3.05) is 43.9 Å². The largest absolute Gasteiger partial charge is 0.497 e. The summed E-state index contributed by atoms with van der Waals surface area (Å²) in [6, 6.07) is 7.93. The van der Waals surface area contributed by atoms with E-state index in [1.807, 2.05) is 26.8 Å². The second kappa shape index (κ2) is 11.9. The lowest BCUT2D eigenvalue weighted by Gasteiger charge is -2.36. The van der Waals surface area contributed by atoms with Crippen LogP contribution >= 0.6 is 23.2 Å². The van der Waals surface area contributed by atoms with Crippen LogP contribution in [-0.2, 0) is 4.74 Å². The van der Waals surface area contributed by atoms with Crippen LogP contribution in [0, 0.1) is 5.82 Å². The molecule has 2 N–H and O–H groups in total. The highest BCUT2D eigenvalue weighted by molar-refractivity contribution is 6.36. The van der Waals surface area contributed by atoms with E-state index < -0.39 is 17.5 Å². The van der Waals surface area contributed by atoms with Crippen LogP contribution in [0.15, 0.2) is 36.5 Å². The maximum atomic E-state index is 14.1. The lowest BCUT2D eigenvalue weighted by Crippen LogP contribution is -2.50. The van der Waals surface area contributed by atoms with Gasteiger partial charge < -0.3 is 29.7 Å². The summed E-state index contributed by atoms with van der Waals surface area (Å²) in [6.07, 6.45) is 0.535. The molecule has 0 unspecified atom stereocenters. The summed E-state index contributed by atoms with van der Waals surface area (Å²) in [4.78, 5) is 25.3. The van der Waals surface area contributed by atoms with E-state index in [0.29, 0.717) is 54.6 Å². The maximum absolute atomic E-state index is 14.1. The topological polar surface area (TPSA) is 103 Å². The van der Waals surface area contributed by atoms with E-state index in [0.717, 1.165) is 0 Å². The van der Waals surface area contributed by atoms with Gasteiger partial charge in [-0.2, -0.15) is 0 Å². The molecule has 0 saturated carbocycles. The van der Waals surface area contributed by atoms with Crippen LogP contribution in [-0.4, -0.2) is 59.9 Å². The zero-order chi connectivity index (χ0) is 29.2. The Hall–Kier alpha value is -3.50. The number of ether oxygens (including phenoxy) is 3. The molecule has 1 amide bonds. The first-order valence-corrected chi connectivity index (χ1v) is 13.5. The Morgan fingerprint density at radius 1 is 1.12 bits per heavy atom. The Morgan fingerprint density at radius 3 is 2.48 bits per heavy atom. The standard InChI is InChI=1S/C28H32Cl2FN5O4/c1-16(24-19(29)6-7-20(31)25(24)30)39-22-12-17(15-33-26(22)32)21-13-18(38-5)14-23(34-21)35-8-10-36(11-9-35)27(37)40-28(2,3)4/h6-7,12-16H,8-11H2,1-5H3,(H2,32,33)/t16-/m1/s1. The normalized spacial score (nSPS) is 14.6. The highest BCUT2D eigenvalue weighted by Crippen LogP contribution is 2.37. The van der Waals surface area contributed by atoms with E-state index in [1.165, 1.54) is 12.1 Å². The number of aromatic nitrogens is 2. The van der Waals surface area contributed by atoms with Gasteiger partial charge in [-0.25, -0.2) is 19.2 Å². The van der Waals surface area contributed by atoms with Crippen LogP contribution < -0.4 is 20.1 Å². The third kappa shape index (κ3) is 6.79. The minimum absolute atomic E-state index is 0.117. The van der Waals surface area contributed by atoms with Crippen molar-refractivity contribution in [3.8, 4) is 22.8 Å². The molecule has 4 rings (SSSR count). The van der Waals surface area contributed by atoms with Crippen molar-refractivity contribution in [1.82, 2.24) is 14.9 Å². The molecule has 1 aliphatic heterocycles. The molecule has 0 spiro atoms. The zero-order valence-corrected chi connectivity index (χ0v) is 24.5. The van der Waals surface area contributed by atoms with Crippen LogP contribution in [0.25, 0.3) is 11.3 Å². The Kier molecular flexibility index (Phi) is 8.80. The molecule has 1 saturated heterocycles. The smallest absolute Gasteiger partial charge is 0.410 e. The van der Waals surface area contributed by atoms with Gasteiger partial charge in [-0.3, -0.25) is 0 Å². The molecule has 3 heterocycles. The molecule has 1 atom stereocenters. The minimum Gasteiger partial charge on any atom is -0.497 e. The summed E-state index contributed by atoms with van der Waals surface area (Å²) in [5, 5.41) is 0.154. The molecule has 1 aromatic carbocycles. The summed E-state index contributed by atoms with van der Waals surface area (Å²) in [5.41, 5.74) is 7.06. The average Bonchev–Trinajstić information content (AvgIpc) is 2.91. The third-order valence-electron chi connectivity index (χ3n) is 6.24. The SMILES string of the molecule is COc1cc(-c2cnc(N)c(O[C@H](C)c3c(Cl)ccc(F)c3Cl)c2)nc(N2CCN(C(=O)OC(C)(C)C)CC2)c1. The van der Waals surface area contributed by atoms with Gasteiger partial charge in [0.2, 0.25) is 0 Å². The van der Waals surface area contributed by atoms with Crippen molar-refractivity contribution in [2.45, 2.75) is 39.4 Å². The Bertz CT molecular complexity index is 1390. The van der Waals surface area contributed by atoms with E-state index >= 15 is 0 Å². The van der Waals surface area contributed by atoms with Crippen molar-refractivity contribution in [1.29, 1.82) is 0 Å². The molecule has 2 aromatic heterocycles. The van der Waals surface area contributed by atoms with Crippen LogP contribution in [0.4, 0.5) is 20.8 Å². The highest BCUT2D eigenvalue weighted by atomic mass is 35.5. The molecular formula is C28H32Cl2FN5O4.